The zero-order chi connectivity index (χ0) is 28.7. The molecular weight excluding hydrogens is 504 g/mol. The van der Waals surface area contributed by atoms with Crippen LogP contribution in [0.5, 0.6) is 5.75 Å². The number of carbonyl (C=O) groups is 5. The summed E-state index contributed by atoms with van der Waals surface area (Å²) in [6.45, 7) is 0. The van der Waals surface area contributed by atoms with Crippen molar-refractivity contribution in [3.8, 4) is 5.75 Å². The molecule has 38 heavy (non-hydrogen) atoms. The molecule has 1 saturated carbocycles. The molecule has 1 amide bonds. The maximum absolute atomic E-state index is 13.5. The third-order valence-corrected chi connectivity index (χ3v) is 6.83. The van der Waals surface area contributed by atoms with Crippen molar-refractivity contribution in [3.05, 3.63) is 58.4 Å². The predicted molar refractivity (Wildman–Crippen MR) is 129 cm³/mol. The van der Waals surface area contributed by atoms with Gasteiger partial charge in [-0.2, -0.15) is 0 Å². The van der Waals surface area contributed by atoms with Gasteiger partial charge in [0.15, 0.2) is 11.4 Å². The quantitative estimate of drug-likeness (QED) is 0.196. The van der Waals surface area contributed by atoms with Gasteiger partial charge >= 0.3 is 11.9 Å². The first-order chi connectivity index (χ1) is 17.6. The van der Waals surface area contributed by atoms with Crippen LogP contribution in [0.1, 0.15) is 17.5 Å². The van der Waals surface area contributed by atoms with E-state index in [9.17, 15) is 44.4 Å². The number of likely N-dealkylation sites (N-methyl/N-ethyl adjacent to an activating group) is 1. The van der Waals surface area contributed by atoms with Crippen LogP contribution >= 0.6 is 0 Å². The number of phenols is 1. The first kappa shape index (κ1) is 28.1. The molecule has 0 unspecified atom stereocenters. The van der Waals surface area contributed by atoms with Gasteiger partial charge < -0.3 is 36.4 Å². The molecule has 3 aliphatic carbocycles. The van der Waals surface area contributed by atoms with E-state index >= 15 is 0 Å². The first-order valence-corrected chi connectivity index (χ1v) is 11.2. The molecule has 0 radical (unpaired) electrons. The molecule has 8 N–H and O–H groups in total. The molecule has 202 valence electrons. The van der Waals surface area contributed by atoms with Crippen molar-refractivity contribution in [3.63, 3.8) is 0 Å². The molecule has 13 heteroatoms. The monoisotopic (exact) mass is 530 g/mol. The van der Waals surface area contributed by atoms with E-state index in [0.717, 1.165) is 0 Å². The van der Waals surface area contributed by atoms with E-state index < -0.39 is 70.0 Å². The van der Waals surface area contributed by atoms with Gasteiger partial charge in [-0.15, -0.1) is 0 Å². The molecule has 4 rings (SSSR count). The summed E-state index contributed by atoms with van der Waals surface area (Å²) >= 11 is 0. The number of aliphatic carboxylic acids is 2. The Morgan fingerprint density at radius 1 is 1.05 bits per heavy atom. The third-order valence-electron chi connectivity index (χ3n) is 6.83. The van der Waals surface area contributed by atoms with Crippen LogP contribution in [0.4, 0.5) is 0 Å². The third kappa shape index (κ3) is 4.53. The lowest BCUT2D eigenvalue weighted by Crippen LogP contribution is -2.65. The Morgan fingerprint density at radius 3 is 2.13 bits per heavy atom. The van der Waals surface area contributed by atoms with Crippen molar-refractivity contribution in [2.75, 3.05) is 14.1 Å². The van der Waals surface area contributed by atoms with Gasteiger partial charge in [-0.1, -0.05) is 12.1 Å². The van der Waals surface area contributed by atoms with Crippen LogP contribution in [0.2, 0.25) is 0 Å². The molecule has 0 aromatic heterocycles. The van der Waals surface area contributed by atoms with E-state index in [1.807, 2.05) is 0 Å². The second-order valence-corrected chi connectivity index (χ2v) is 9.28. The highest BCUT2D eigenvalue weighted by Crippen LogP contribution is 2.52. The lowest BCUT2D eigenvalue weighted by atomic mass is 9.57. The molecule has 13 nitrogen and oxygen atoms in total. The van der Waals surface area contributed by atoms with Crippen LogP contribution in [-0.4, -0.2) is 90.7 Å². The maximum atomic E-state index is 13.5. The summed E-state index contributed by atoms with van der Waals surface area (Å²) in [5, 5.41) is 58.7. The van der Waals surface area contributed by atoms with E-state index in [4.69, 9.17) is 15.9 Å². The summed E-state index contributed by atoms with van der Waals surface area (Å²) in [5.41, 5.74) is 2.41. The Hall–Kier alpha value is -4.49. The van der Waals surface area contributed by atoms with E-state index in [2.05, 4.69) is 0 Å². The van der Waals surface area contributed by atoms with Crippen LogP contribution in [-0.2, 0) is 30.4 Å². The topological polar surface area (TPSA) is 236 Å². The molecule has 0 spiro atoms. The number of amides is 1. The van der Waals surface area contributed by atoms with Crippen molar-refractivity contribution in [1.29, 1.82) is 0 Å². The summed E-state index contributed by atoms with van der Waals surface area (Å²) < 4.78 is 0. The first-order valence-electron chi connectivity index (χ1n) is 11.2. The van der Waals surface area contributed by atoms with Crippen molar-refractivity contribution in [2.24, 2.45) is 17.6 Å². The average molecular weight is 530 g/mol. The van der Waals surface area contributed by atoms with Gasteiger partial charge in [0.1, 0.15) is 22.8 Å². The fourth-order valence-corrected chi connectivity index (χ4v) is 5.32. The van der Waals surface area contributed by atoms with Gasteiger partial charge in [0.05, 0.1) is 11.6 Å². The van der Waals surface area contributed by atoms with E-state index in [1.165, 1.54) is 11.0 Å². The van der Waals surface area contributed by atoms with Gasteiger partial charge in [0.25, 0.3) is 5.91 Å². The van der Waals surface area contributed by atoms with E-state index in [0.29, 0.717) is 24.1 Å². The average Bonchev–Trinajstić information content (AvgIpc) is 2.80. The molecule has 1 aromatic carbocycles. The summed E-state index contributed by atoms with van der Waals surface area (Å²) in [4.78, 5) is 58.8. The molecule has 1 fully saturated rings. The van der Waals surface area contributed by atoms with Gasteiger partial charge in [-0.25, -0.2) is 9.59 Å². The minimum absolute atomic E-state index is 0.0847. The number of fused-ring (bicyclic) bond motifs is 3. The summed E-state index contributed by atoms with van der Waals surface area (Å²) in [6, 6.07) is 3.62. The second kappa shape index (κ2) is 10.1. The number of primary amides is 1. The molecule has 3 aliphatic rings. The van der Waals surface area contributed by atoms with E-state index in [-0.39, 0.29) is 23.3 Å². The van der Waals surface area contributed by atoms with Gasteiger partial charge in [0, 0.05) is 23.6 Å². The highest BCUT2D eigenvalue weighted by Gasteiger charge is 2.64. The number of nitrogens with zero attached hydrogens (tertiary/aromatic N) is 1. The number of hydrogen-bond acceptors (Lipinski definition) is 10. The highest BCUT2D eigenvalue weighted by atomic mass is 16.4. The molecule has 0 heterocycles. The second-order valence-electron chi connectivity index (χ2n) is 9.28. The highest BCUT2D eigenvalue weighted by molar-refractivity contribution is 6.24. The number of rotatable bonds is 4. The number of phenolic OH excluding ortho intramolecular Hbond substituents is 1. The normalized spacial score (nSPS) is 26.4. The number of benzene rings is 1. The molecular formula is C25H26N2O11. The van der Waals surface area contributed by atoms with Crippen molar-refractivity contribution >= 4 is 35.2 Å². The molecule has 4 atom stereocenters. The minimum Gasteiger partial charge on any atom is -0.508 e. The summed E-state index contributed by atoms with van der Waals surface area (Å²) in [5.74, 6) is -8.94. The Balaban J connectivity index is 0.000000436. The van der Waals surface area contributed by atoms with Crippen LogP contribution in [0.15, 0.2) is 47.3 Å². The molecule has 0 bridgehead atoms. The maximum Gasteiger partial charge on any atom is 0.328 e. The van der Waals surface area contributed by atoms with Gasteiger partial charge in [-0.3, -0.25) is 19.3 Å². The molecule has 0 saturated heterocycles. The van der Waals surface area contributed by atoms with Crippen LogP contribution in [0, 0.1) is 11.8 Å². The number of ketones is 2. The zero-order valence-electron chi connectivity index (χ0n) is 20.3. The number of nitrogens with two attached hydrogens (primary N) is 1. The number of aliphatic hydroxyl groups excluding tert-OH is 2. The lowest BCUT2D eigenvalue weighted by Gasteiger charge is -2.50. The smallest absolute Gasteiger partial charge is 0.328 e. The Morgan fingerprint density at radius 2 is 1.63 bits per heavy atom. The molecule has 1 aromatic rings. The van der Waals surface area contributed by atoms with Gasteiger partial charge in [-0.05, 0) is 44.5 Å². The van der Waals surface area contributed by atoms with Crippen molar-refractivity contribution < 1.29 is 54.6 Å². The van der Waals surface area contributed by atoms with Crippen molar-refractivity contribution in [1.82, 2.24) is 4.90 Å². The van der Waals surface area contributed by atoms with Gasteiger partial charge in [0.2, 0.25) is 5.78 Å². The van der Waals surface area contributed by atoms with Crippen LogP contribution in [0.3, 0.4) is 0 Å². The number of carboxylic acids is 2. The number of aromatic hydroxyl groups is 1. The number of hydrogen-bond donors (Lipinski definition) is 7. The molecule has 0 aliphatic heterocycles. The minimum atomic E-state index is -2.60. The number of Topliss-reactive ketones (excluding diaryl/α,β-unsaturated/α-hetero) is 2. The van der Waals surface area contributed by atoms with Crippen LogP contribution < -0.4 is 5.73 Å². The number of aliphatic hydroxyl groups is 3. The fraction of sp³-hybridized carbons (Fsp3) is 0.320. The van der Waals surface area contributed by atoms with E-state index in [1.54, 1.807) is 26.2 Å². The Labute approximate surface area is 215 Å². The zero-order valence-corrected chi connectivity index (χ0v) is 20.3. The summed E-state index contributed by atoms with van der Waals surface area (Å²) in [6.07, 6.45) is 1.50. The fourth-order valence-electron chi connectivity index (χ4n) is 5.32. The Bertz CT molecular complexity index is 1320. The summed E-state index contributed by atoms with van der Waals surface area (Å²) in [7, 11) is 3.12. The van der Waals surface area contributed by atoms with Crippen molar-refractivity contribution in [2.45, 2.75) is 24.5 Å². The Kier molecular flexibility index (Phi) is 7.47. The lowest BCUT2D eigenvalue weighted by molar-refractivity contribution is -0.153. The van der Waals surface area contributed by atoms with Crippen LogP contribution in [0.25, 0.3) is 5.76 Å². The standard InChI is InChI=1S/C21H22N2O7.C4H4O4/c1-23(2)15-10-7-9-6-8-4-3-5-11(24)12(8)16(25)13(9)18(27)21(10,30)19(28)14(17(15)26)20(22)29;5-3(6)1-2-4(7)8/h3-5,9-10,15,24-25,28,30H,6-7H2,1-2H3,(H2,22,29);1-2H,(H,5,6)(H,7,8)/t9-,10+,15-,21-;/m0./s1. The largest absolute Gasteiger partial charge is 0.508 e. The number of carbonyl (C=O) groups excluding carboxylic acids is 3. The SMILES string of the molecule is CN(C)[C@@H]1C(=O)C(C(N)=O)=C(O)[C@@]2(O)C(=O)C3=C(O)c4c(O)cccc4C[C@H]3C[C@H]12.O=C(O)C=CC(=O)O. The number of carboxylic acid groups (broad SMARTS) is 2. The predicted octanol–water partition coefficient (Wildman–Crippen LogP) is -0.324.